The molecule has 4 nitrogen and oxygen atoms in total. The number of methoxy groups -OCH3 is 1. The average Bonchev–Trinajstić information content (AvgIpc) is 2.78. The van der Waals surface area contributed by atoms with E-state index in [9.17, 15) is 0 Å². The smallest absolute Gasteiger partial charge is 0.0624 e. The number of hydrogen-bond donors (Lipinski definition) is 1. The van der Waals surface area contributed by atoms with E-state index < -0.39 is 0 Å². The predicted molar refractivity (Wildman–Crippen MR) is 74.7 cm³/mol. The lowest BCUT2D eigenvalue weighted by Crippen LogP contribution is -2.25. The first-order chi connectivity index (χ1) is 8.60. The first-order valence-electron chi connectivity index (χ1n) is 6.94. The molecule has 0 bridgehead atoms. The van der Waals surface area contributed by atoms with Crippen LogP contribution in [0.2, 0.25) is 0 Å². The quantitative estimate of drug-likeness (QED) is 0.772. The van der Waals surface area contributed by atoms with E-state index in [1.807, 2.05) is 0 Å². The van der Waals surface area contributed by atoms with Crippen LogP contribution in [-0.2, 0) is 24.1 Å². The predicted octanol–water partition coefficient (Wildman–Crippen LogP) is 2.15. The summed E-state index contributed by atoms with van der Waals surface area (Å²) in [7, 11) is 1.75. The zero-order chi connectivity index (χ0) is 13.5. The molecular formula is C14H27N3O. The van der Waals surface area contributed by atoms with Gasteiger partial charge in [-0.3, -0.25) is 4.68 Å². The summed E-state index contributed by atoms with van der Waals surface area (Å²) in [6.07, 6.45) is 4.18. The van der Waals surface area contributed by atoms with E-state index in [0.717, 1.165) is 37.9 Å². The van der Waals surface area contributed by atoms with Gasteiger partial charge in [-0.15, -0.1) is 0 Å². The maximum Gasteiger partial charge on any atom is 0.0624 e. The van der Waals surface area contributed by atoms with E-state index in [2.05, 4.69) is 36.6 Å². The molecule has 0 aliphatic rings. The number of nitrogens with two attached hydrogens (primary N) is 1. The Morgan fingerprint density at radius 2 is 2.11 bits per heavy atom. The van der Waals surface area contributed by atoms with Gasteiger partial charge in [-0.1, -0.05) is 6.92 Å². The Hall–Kier alpha value is -0.870. The standard InChI is InChI=1S/C14H27N3O/c1-5-13-10-14(17(6-2)16-13)9-12(15)8-7-11(3)18-4/h10-12H,5-9,15H2,1-4H3. The number of ether oxygens (including phenoxy) is 1. The summed E-state index contributed by atoms with van der Waals surface area (Å²) in [5, 5.41) is 4.55. The SMILES string of the molecule is CCc1cc(CC(N)CCC(C)OC)n(CC)n1. The van der Waals surface area contributed by atoms with Gasteiger partial charge < -0.3 is 10.5 Å². The number of aromatic nitrogens is 2. The Morgan fingerprint density at radius 3 is 2.67 bits per heavy atom. The minimum Gasteiger partial charge on any atom is -0.382 e. The van der Waals surface area contributed by atoms with Crippen LogP contribution < -0.4 is 5.73 Å². The van der Waals surface area contributed by atoms with Crippen LogP contribution in [0.3, 0.4) is 0 Å². The van der Waals surface area contributed by atoms with E-state index in [1.165, 1.54) is 5.69 Å². The van der Waals surface area contributed by atoms with Gasteiger partial charge in [-0.2, -0.15) is 5.10 Å². The Kier molecular flexibility index (Phi) is 6.36. The van der Waals surface area contributed by atoms with Crippen LogP contribution in [0.25, 0.3) is 0 Å². The molecular weight excluding hydrogens is 226 g/mol. The molecule has 0 aliphatic heterocycles. The zero-order valence-electron chi connectivity index (χ0n) is 12.1. The van der Waals surface area contributed by atoms with Gasteiger partial charge in [0.1, 0.15) is 0 Å². The molecule has 1 heterocycles. The van der Waals surface area contributed by atoms with Gasteiger partial charge in [0.05, 0.1) is 11.8 Å². The molecule has 1 rings (SSSR count). The third kappa shape index (κ3) is 4.42. The van der Waals surface area contributed by atoms with E-state index >= 15 is 0 Å². The number of nitrogens with zero attached hydrogens (tertiary/aromatic N) is 2. The van der Waals surface area contributed by atoms with Crippen LogP contribution in [0.4, 0.5) is 0 Å². The van der Waals surface area contributed by atoms with Gasteiger partial charge in [0.15, 0.2) is 0 Å². The number of rotatable bonds is 8. The molecule has 104 valence electrons. The van der Waals surface area contributed by atoms with Crippen molar-refractivity contribution in [2.75, 3.05) is 7.11 Å². The van der Waals surface area contributed by atoms with Gasteiger partial charge in [-0.25, -0.2) is 0 Å². The highest BCUT2D eigenvalue weighted by Gasteiger charge is 2.11. The molecule has 2 atom stereocenters. The summed E-state index contributed by atoms with van der Waals surface area (Å²) in [6, 6.07) is 2.37. The number of aryl methyl sites for hydroxylation is 2. The van der Waals surface area contributed by atoms with Crippen molar-refractivity contribution in [3.8, 4) is 0 Å². The van der Waals surface area contributed by atoms with Crippen molar-refractivity contribution < 1.29 is 4.74 Å². The van der Waals surface area contributed by atoms with Gasteiger partial charge in [-0.05, 0) is 39.2 Å². The topological polar surface area (TPSA) is 53.1 Å². The maximum atomic E-state index is 6.19. The summed E-state index contributed by atoms with van der Waals surface area (Å²) in [6.45, 7) is 7.25. The fourth-order valence-corrected chi connectivity index (χ4v) is 2.06. The Balaban J connectivity index is 2.52. The van der Waals surface area contributed by atoms with Crippen molar-refractivity contribution in [3.63, 3.8) is 0 Å². The van der Waals surface area contributed by atoms with Crippen LogP contribution in [0.1, 0.15) is 45.0 Å². The van der Waals surface area contributed by atoms with Crippen LogP contribution >= 0.6 is 0 Å². The van der Waals surface area contributed by atoms with Gasteiger partial charge >= 0.3 is 0 Å². The first-order valence-corrected chi connectivity index (χ1v) is 6.94. The van der Waals surface area contributed by atoms with Crippen molar-refractivity contribution in [1.82, 2.24) is 9.78 Å². The van der Waals surface area contributed by atoms with Crippen molar-refractivity contribution >= 4 is 0 Å². The molecule has 0 amide bonds. The Bertz CT molecular complexity index is 349. The molecule has 0 fully saturated rings. The molecule has 0 aliphatic carbocycles. The van der Waals surface area contributed by atoms with Crippen LogP contribution in [0.15, 0.2) is 6.07 Å². The molecule has 0 aromatic carbocycles. The second-order valence-corrected chi connectivity index (χ2v) is 4.88. The van der Waals surface area contributed by atoms with Crippen LogP contribution in [-0.4, -0.2) is 29.0 Å². The first kappa shape index (κ1) is 15.2. The van der Waals surface area contributed by atoms with Crippen LogP contribution in [0, 0.1) is 0 Å². The lowest BCUT2D eigenvalue weighted by molar-refractivity contribution is 0.107. The molecule has 0 saturated heterocycles. The number of hydrogen-bond acceptors (Lipinski definition) is 3. The van der Waals surface area contributed by atoms with E-state index in [4.69, 9.17) is 10.5 Å². The minimum atomic E-state index is 0.189. The Labute approximate surface area is 111 Å². The summed E-state index contributed by atoms with van der Waals surface area (Å²) in [5.41, 5.74) is 8.60. The molecule has 18 heavy (non-hydrogen) atoms. The lowest BCUT2D eigenvalue weighted by atomic mass is 10.0. The molecule has 1 aromatic rings. The van der Waals surface area contributed by atoms with Gasteiger partial charge in [0.25, 0.3) is 0 Å². The van der Waals surface area contributed by atoms with Gasteiger partial charge in [0.2, 0.25) is 0 Å². The molecule has 0 spiro atoms. The second kappa shape index (κ2) is 7.54. The molecule has 0 radical (unpaired) electrons. The highest BCUT2D eigenvalue weighted by Crippen LogP contribution is 2.11. The van der Waals surface area contributed by atoms with Crippen LogP contribution in [0.5, 0.6) is 0 Å². The summed E-state index contributed by atoms with van der Waals surface area (Å²) in [4.78, 5) is 0. The highest BCUT2D eigenvalue weighted by atomic mass is 16.5. The zero-order valence-corrected chi connectivity index (χ0v) is 12.1. The van der Waals surface area contributed by atoms with Crippen molar-refractivity contribution in [3.05, 3.63) is 17.5 Å². The normalized spacial score (nSPS) is 14.7. The Morgan fingerprint density at radius 1 is 1.39 bits per heavy atom. The van der Waals surface area contributed by atoms with Gasteiger partial charge in [0, 0.05) is 31.8 Å². The monoisotopic (exact) mass is 253 g/mol. The summed E-state index contributed by atoms with van der Waals surface area (Å²) in [5.74, 6) is 0. The maximum absolute atomic E-state index is 6.19. The molecule has 2 N–H and O–H groups in total. The van der Waals surface area contributed by atoms with Crippen molar-refractivity contribution in [2.45, 2.75) is 65.1 Å². The fraction of sp³-hybridized carbons (Fsp3) is 0.786. The lowest BCUT2D eigenvalue weighted by Gasteiger charge is -2.15. The second-order valence-electron chi connectivity index (χ2n) is 4.88. The third-order valence-corrected chi connectivity index (χ3v) is 3.39. The molecule has 2 unspecified atom stereocenters. The molecule has 0 saturated carbocycles. The minimum absolute atomic E-state index is 0.189. The largest absolute Gasteiger partial charge is 0.382 e. The van der Waals surface area contributed by atoms with E-state index in [0.29, 0.717) is 6.10 Å². The highest BCUT2D eigenvalue weighted by molar-refractivity contribution is 5.11. The average molecular weight is 253 g/mol. The summed E-state index contributed by atoms with van der Waals surface area (Å²) < 4.78 is 7.31. The molecule has 4 heteroatoms. The van der Waals surface area contributed by atoms with Crippen molar-refractivity contribution in [1.29, 1.82) is 0 Å². The third-order valence-electron chi connectivity index (χ3n) is 3.39. The molecule has 1 aromatic heterocycles. The van der Waals surface area contributed by atoms with E-state index in [-0.39, 0.29) is 6.04 Å². The summed E-state index contributed by atoms with van der Waals surface area (Å²) >= 11 is 0. The van der Waals surface area contributed by atoms with E-state index in [1.54, 1.807) is 7.11 Å². The van der Waals surface area contributed by atoms with Crippen molar-refractivity contribution in [2.24, 2.45) is 5.73 Å². The fourth-order valence-electron chi connectivity index (χ4n) is 2.06.